The number of alkyl carbamates (subject to hydrolysis) is 1. The van der Waals surface area contributed by atoms with Crippen LogP contribution in [-0.2, 0) is 32.1 Å². The quantitative estimate of drug-likeness (QED) is 0.288. The molecule has 0 heterocycles. The summed E-state index contributed by atoms with van der Waals surface area (Å²) in [6.45, 7) is 5.18. The van der Waals surface area contributed by atoms with Crippen LogP contribution in [0.2, 0.25) is 0 Å². The lowest BCUT2D eigenvalue weighted by Gasteiger charge is -2.27. The molecule has 0 aliphatic carbocycles. The number of benzene rings is 2. The molecule has 2 rings (SSSR count). The Morgan fingerprint density at radius 2 is 1.43 bits per heavy atom. The van der Waals surface area contributed by atoms with Gasteiger partial charge in [-0.25, -0.2) is 9.59 Å². The number of hydrogen-bond donors (Lipinski definition) is 4. The summed E-state index contributed by atoms with van der Waals surface area (Å²) in [5.41, 5.74) is -1.42. The fraction of sp³-hybridized carbons (Fsp3) is 0.407. The summed E-state index contributed by atoms with van der Waals surface area (Å²) in [5.74, 6) is -3.98. The Morgan fingerprint density at radius 3 is 1.95 bits per heavy atom. The Hall–Kier alpha value is -4.08. The fourth-order valence-electron chi connectivity index (χ4n) is 3.59. The number of carbonyl (C=O) groups excluding carboxylic acids is 1. The number of ether oxygens (including phenoxy) is 2. The molecule has 0 saturated carbocycles. The number of nitrogens with one attached hydrogen (secondary N) is 1. The van der Waals surface area contributed by atoms with E-state index in [1.54, 1.807) is 45.0 Å². The van der Waals surface area contributed by atoms with Gasteiger partial charge in [0.25, 0.3) is 0 Å². The first-order valence-electron chi connectivity index (χ1n) is 11.8. The van der Waals surface area contributed by atoms with Crippen molar-refractivity contribution in [3.63, 3.8) is 0 Å². The third-order valence-electron chi connectivity index (χ3n) is 5.68. The molecule has 37 heavy (non-hydrogen) atoms. The predicted octanol–water partition coefficient (Wildman–Crippen LogP) is 4.11. The maximum absolute atomic E-state index is 12.1. The molecular weight excluding hydrogens is 482 g/mol. The number of aliphatic carboxylic acids is 3. The molecule has 0 aromatic heterocycles. The minimum atomic E-state index is -2.24. The van der Waals surface area contributed by atoms with Crippen LogP contribution in [0.5, 0.6) is 5.75 Å². The topological polar surface area (TPSA) is 159 Å². The molecule has 4 N–H and O–H groups in total. The number of carbonyl (C=O) groups is 4. The molecule has 1 amide bonds. The molecular formula is C27H33NO9. The monoisotopic (exact) mass is 515 g/mol. The number of amides is 1. The van der Waals surface area contributed by atoms with Gasteiger partial charge in [0.05, 0.1) is 0 Å². The number of carboxylic acid groups (broad SMARTS) is 3. The maximum atomic E-state index is 12.1. The van der Waals surface area contributed by atoms with E-state index in [0.29, 0.717) is 17.9 Å². The average Bonchev–Trinajstić information content (AvgIpc) is 2.81. The molecule has 0 fully saturated rings. The zero-order valence-corrected chi connectivity index (χ0v) is 21.1. The molecule has 10 heteroatoms. The van der Waals surface area contributed by atoms with E-state index in [1.807, 2.05) is 30.3 Å². The standard InChI is InChI=1S/C27H33NO9/c1-26(2,3)37-25(35)28-21(22(29)30)14-16-27(23(31)32,24(33)34)15-13-18-9-11-20(12-10-18)36-17-19-7-5-4-6-8-19/h4-12,21H,13-17H2,1-3H3,(H,28,35)(H,29,30)(H,31,32)(H,33,34)/t21-/m0/s1. The number of aryl methyl sites for hydroxylation is 1. The van der Waals surface area contributed by atoms with Crippen molar-refractivity contribution in [1.29, 1.82) is 0 Å². The van der Waals surface area contributed by atoms with Crippen LogP contribution in [0.4, 0.5) is 4.79 Å². The van der Waals surface area contributed by atoms with Crippen molar-refractivity contribution in [2.24, 2.45) is 5.41 Å². The van der Waals surface area contributed by atoms with E-state index in [1.165, 1.54) is 0 Å². The third-order valence-corrected chi connectivity index (χ3v) is 5.68. The van der Waals surface area contributed by atoms with E-state index >= 15 is 0 Å². The van der Waals surface area contributed by atoms with Crippen LogP contribution >= 0.6 is 0 Å². The molecule has 0 radical (unpaired) electrons. The zero-order valence-electron chi connectivity index (χ0n) is 21.1. The van der Waals surface area contributed by atoms with Gasteiger partial charge in [-0.3, -0.25) is 9.59 Å². The summed E-state index contributed by atoms with van der Waals surface area (Å²) in [7, 11) is 0. The van der Waals surface area contributed by atoms with Crippen LogP contribution in [-0.4, -0.2) is 51.0 Å². The van der Waals surface area contributed by atoms with E-state index in [9.17, 15) is 34.5 Å². The second kappa shape index (κ2) is 12.8. The Labute approximate surface area is 215 Å². The molecule has 0 aliphatic rings. The Kier molecular flexibility index (Phi) is 10.0. The van der Waals surface area contributed by atoms with E-state index in [-0.39, 0.29) is 12.8 Å². The Bertz CT molecular complexity index is 1060. The lowest BCUT2D eigenvalue weighted by molar-refractivity contribution is -0.166. The summed E-state index contributed by atoms with van der Waals surface area (Å²) in [6, 6.07) is 14.9. The van der Waals surface area contributed by atoms with Gasteiger partial charge in [-0.1, -0.05) is 42.5 Å². The summed E-state index contributed by atoms with van der Waals surface area (Å²) in [5, 5.41) is 31.3. The van der Waals surface area contributed by atoms with Gasteiger partial charge in [0.15, 0.2) is 5.41 Å². The Morgan fingerprint density at radius 1 is 0.838 bits per heavy atom. The summed E-state index contributed by atoms with van der Waals surface area (Å²) in [4.78, 5) is 47.8. The highest BCUT2D eigenvalue weighted by molar-refractivity contribution is 5.98. The number of hydrogen-bond acceptors (Lipinski definition) is 6. The summed E-state index contributed by atoms with van der Waals surface area (Å²) in [6.07, 6.45) is -2.08. The van der Waals surface area contributed by atoms with E-state index in [2.05, 4.69) is 5.32 Å². The average molecular weight is 516 g/mol. The lowest BCUT2D eigenvalue weighted by atomic mass is 9.77. The minimum absolute atomic E-state index is 0.120. The van der Waals surface area contributed by atoms with Crippen molar-refractivity contribution < 1.29 is 44.0 Å². The van der Waals surface area contributed by atoms with Crippen LogP contribution < -0.4 is 10.1 Å². The van der Waals surface area contributed by atoms with Crippen molar-refractivity contribution >= 4 is 24.0 Å². The molecule has 0 bridgehead atoms. The highest BCUT2D eigenvalue weighted by atomic mass is 16.6. The number of rotatable bonds is 13. The van der Waals surface area contributed by atoms with Crippen LogP contribution in [0.25, 0.3) is 0 Å². The molecule has 2 aromatic rings. The summed E-state index contributed by atoms with van der Waals surface area (Å²) < 4.78 is 10.8. The van der Waals surface area contributed by atoms with Crippen molar-refractivity contribution in [2.75, 3.05) is 0 Å². The van der Waals surface area contributed by atoms with Crippen LogP contribution in [0, 0.1) is 5.41 Å². The SMILES string of the molecule is CC(C)(C)OC(=O)N[C@@H](CCC(CCc1ccc(OCc2ccccc2)cc1)(C(=O)O)C(=O)O)C(=O)O. The van der Waals surface area contributed by atoms with Crippen LogP contribution in [0.15, 0.2) is 54.6 Å². The zero-order chi connectivity index (χ0) is 27.6. The first kappa shape index (κ1) is 29.2. The van der Waals surface area contributed by atoms with E-state index in [0.717, 1.165) is 5.56 Å². The highest BCUT2D eigenvalue weighted by Crippen LogP contribution is 2.32. The molecule has 10 nitrogen and oxygen atoms in total. The van der Waals surface area contributed by atoms with E-state index in [4.69, 9.17) is 9.47 Å². The molecule has 2 aromatic carbocycles. The molecule has 0 aliphatic heterocycles. The van der Waals surface area contributed by atoms with Gasteiger partial charge in [-0.05, 0) is 69.7 Å². The molecule has 0 saturated heterocycles. The number of carboxylic acids is 3. The second-order valence-corrected chi connectivity index (χ2v) is 9.69. The fourth-order valence-corrected chi connectivity index (χ4v) is 3.59. The predicted molar refractivity (Wildman–Crippen MR) is 133 cm³/mol. The van der Waals surface area contributed by atoms with Gasteiger partial charge in [-0.15, -0.1) is 0 Å². The van der Waals surface area contributed by atoms with Crippen molar-refractivity contribution in [2.45, 2.75) is 64.7 Å². The molecule has 1 atom stereocenters. The third kappa shape index (κ3) is 9.14. The first-order chi connectivity index (χ1) is 17.3. The molecule has 200 valence electrons. The van der Waals surface area contributed by atoms with Gasteiger partial charge < -0.3 is 30.1 Å². The van der Waals surface area contributed by atoms with E-state index < -0.39 is 53.9 Å². The smallest absolute Gasteiger partial charge is 0.408 e. The first-order valence-corrected chi connectivity index (χ1v) is 11.8. The van der Waals surface area contributed by atoms with Crippen molar-refractivity contribution in [3.8, 4) is 5.75 Å². The van der Waals surface area contributed by atoms with Gasteiger partial charge >= 0.3 is 24.0 Å². The molecule has 0 spiro atoms. The highest BCUT2D eigenvalue weighted by Gasteiger charge is 2.46. The van der Waals surface area contributed by atoms with Crippen molar-refractivity contribution in [3.05, 3.63) is 65.7 Å². The van der Waals surface area contributed by atoms with Crippen LogP contribution in [0.3, 0.4) is 0 Å². The normalized spacial score (nSPS) is 12.3. The van der Waals surface area contributed by atoms with Gasteiger partial charge in [-0.2, -0.15) is 0 Å². The van der Waals surface area contributed by atoms with Gasteiger partial charge in [0, 0.05) is 0 Å². The van der Waals surface area contributed by atoms with Crippen molar-refractivity contribution in [1.82, 2.24) is 5.32 Å². The lowest BCUT2D eigenvalue weighted by Crippen LogP contribution is -2.46. The largest absolute Gasteiger partial charge is 0.489 e. The second-order valence-electron chi connectivity index (χ2n) is 9.69. The van der Waals surface area contributed by atoms with Gasteiger partial charge in [0.1, 0.15) is 24.0 Å². The maximum Gasteiger partial charge on any atom is 0.408 e. The summed E-state index contributed by atoms with van der Waals surface area (Å²) >= 11 is 0. The van der Waals surface area contributed by atoms with Gasteiger partial charge in [0.2, 0.25) is 0 Å². The minimum Gasteiger partial charge on any atom is -0.489 e. The Balaban J connectivity index is 2.05. The molecule has 0 unspecified atom stereocenters. The van der Waals surface area contributed by atoms with Crippen LogP contribution in [0.1, 0.15) is 51.2 Å².